The highest BCUT2D eigenvalue weighted by Crippen LogP contribution is 2.31. The minimum Gasteiger partial charge on any atom is -0.378 e. The molecule has 28 heavy (non-hydrogen) atoms. The normalized spacial score (nSPS) is 14.8. The molecule has 2 amide bonds. The Labute approximate surface area is 170 Å². The molecule has 6 nitrogen and oxygen atoms in total. The van der Waals surface area contributed by atoms with Crippen molar-refractivity contribution >= 4 is 28.8 Å². The van der Waals surface area contributed by atoms with Crippen molar-refractivity contribution in [1.29, 1.82) is 0 Å². The van der Waals surface area contributed by atoms with Crippen LogP contribution < -0.4 is 10.2 Å². The number of hydrogen-bond acceptors (Lipinski definition) is 5. The van der Waals surface area contributed by atoms with Crippen molar-refractivity contribution in [2.24, 2.45) is 0 Å². The smallest absolute Gasteiger partial charge is 0.253 e. The van der Waals surface area contributed by atoms with Gasteiger partial charge in [0.2, 0.25) is 5.91 Å². The van der Waals surface area contributed by atoms with Crippen LogP contribution >= 0.6 is 11.3 Å². The molecule has 2 heterocycles. The number of aromatic nitrogens is 1. The fraction of sp³-hybridized carbons (Fsp3) is 0.476. The lowest BCUT2D eigenvalue weighted by Gasteiger charge is -2.31. The van der Waals surface area contributed by atoms with E-state index < -0.39 is 0 Å². The first-order valence-corrected chi connectivity index (χ1v) is 10.6. The fourth-order valence-corrected chi connectivity index (χ4v) is 4.31. The molecule has 0 atom stereocenters. The molecule has 3 rings (SSSR count). The summed E-state index contributed by atoms with van der Waals surface area (Å²) in [6.07, 6.45) is 2.34. The van der Waals surface area contributed by atoms with Crippen LogP contribution in [0.15, 0.2) is 29.6 Å². The molecule has 7 heteroatoms. The largest absolute Gasteiger partial charge is 0.378 e. The Morgan fingerprint density at radius 2 is 1.89 bits per heavy atom. The van der Waals surface area contributed by atoms with Crippen molar-refractivity contribution < 1.29 is 9.59 Å². The van der Waals surface area contributed by atoms with Gasteiger partial charge in [0.15, 0.2) is 0 Å². The lowest BCUT2D eigenvalue weighted by Crippen LogP contribution is -2.37. The van der Waals surface area contributed by atoms with Gasteiger partial charge in [0.05, 0.1) is 17.2 Å². The zero-order chi connectivity index (χ0) is 20.1. The maximum absolute atomic E-state index is 12.8. The molecule has 0 unspecified atom stereocenters. The summed E-state index contributed by atoms with van der Waals surface area (Å²) in [5.41, 5.74) is 2.75. The molecule has 1 aromatic carbocycles. The molecule has 1 saturated heterocycles. The van der Waals surface area contributed by atoms with Crippen molar-refractivity contribution in [3.05, 3.63) is 45.9 Å². The van der Waals surface area contributed by atoms with E-state index in [9.17, 15) is 9.59 Å². The summed E-state index contributed by atoms with van der Waals surface area (Å²) in [7, 11) is 3.98. The first-order chi connectivity index (χ1) is 13.5. The van der Waals surface area contributed by atoms with E-state index in [1.165, 1.54) is 0 Å². The molecule has 1 fully saturated rings. The Kier molecular flexibility index (Phi) is 6.67. The zero-order valence-electron chi connectivity index (χ0n) is 16.8. The maximum Gasteiger partial charge on any atom is 0.253 e. The van der Waals surface area contributed by atoms with E-state index in [0.717, 1.165) is 47.9 Å². The summed E-state index contributed by atoms with van der Waals surface area (Å²) in [5, 5.41) is 6.00. The summed E-state index contributed by atoms with van der Waals surface area (Å²) < 4.78 is 0. The van der Waals surface area contributed by atoms with Gasteiger partial charge in [-0.25, -0.2) is 4.98 Å². The first-order valence-electron chi connectivity index (χ1n) is 9.75. The van der Waals surface area contributed by atoms with Gasteiger partial charge in [0, 0.05) is 56.2 Å². The van der Waals surface area contributed by atoms with Crippen LogP contribution in [-0.2, 0) is 11.3 Å². The number of likely N-dealkylation sites (tertiary alicyclic amines) is 1. The highest BCUT2D eigenvalue weighted by Gasteiger charge is 2.26. The van der Waals surface area contributed by atoms with Crippen LogP contribution in [-0.4, -0.2) is 48.9 Å². The van der Waals surface area contributed by atoms with Crippen molar-refractivity contribution in [2.75, 3.05) is 32.1 Å². The third-order valence-electron chi connectivity index (χ3n) is 5.12. The van der Waals surface area contributed by atoms with Crippen LogP contribution in [0.1, 0.15) is 53.2 Å². The van der Waals surface area contributed by atoms with Gasteiger partial charge in [0.25, 0.3) is 5.91 Å². The number of benzene rings is 1. The van der Waals surface area contributed by atoms with E-state index in [2.05, 4.69) is 5.32 Å². The molecule has 1 aliphatic heterocycles. The summed E-state index contributed by atoms with van der Waals surface area (Å²) >= 11 is 1.66. The van der Waals surface area contributed by atoms with Crippen molar-refractivity contribution in [1.82, 2.24) is 15.2 Å². The molecule has 1 aliphatic rings. The average Bonchev–Trinajstić information content (AvgIpc) is 3.20. The van der Waals surface area contributed by atoms with Crippen LogP contribution in [0.4, 0.5) is 5.69 Å². The minimum atomic E-state index is 0.0417. The molecule has 1 aromatic heterocycles. The van der Waals surface area contributed by atoms with Crippen molar-refractivity contribution in [3.8, 4) is 0 Å². The molecule has 150 valence electrons. The number of carbonyl (C=O) groups excluding carboxylic acids is 2. The maximum atomic E-state index is 12.8. The van der Waals surface area contributed by atoms with Gasteiger partial charge in [-0.05, 0) is 37.1 Å². The Hall–Kier alpha value is -2.41. The van der Waals surface area contributed by atoms with Crippen LogP contribution in [0.2, 0.25) is 0 Å². The van der Waals surface area contributed by atoms with Crippen LogP contribution in [0.3, 0.4) is 0 Å². The number of carbonyl (C=O) groups is 2. The summed E-state index contributed by atoms with van der Waals surface area (Å²) in [6, 6.07) is 7.77. The molecule has 0 aliphatic carbocycles. The number of piperidine rings is 1. The highest BCUT2D eigenvalue weighted by molar-refractivity contribution is 7.09. The number of nitrogens with one attached hydrogen (secondary N) is 1. The number of anilines is 1. The fourth-order valence-electron chi connectivity index (χ4n) is 3.32. The van der Waals surface area contributed by atoms with Gasteiger partial charge in [-0.1, -0.05) is 6.92 Å². The van der Waals surface area contributed by atoms with Gasteiger partial charge < -0.3 is 15.1 Å². The van der Waals surface area contributed by atoms with Crippen LogP contribution in [0.5, 0.6) is 0 Å². The summed E-state index contributed by atoms with van der Waals surface area (Å²) in [6.45, 7) is 3.83. The van der Waals surface area contributed by atoms with Gasteiger partial charge in [-0.15, -0.1) is 11.3 Å². The summed E-state index contributed by atoms with van der Waals surface area (Å²) in [5.74, 6) is 0.534. The SMILES string of the molecule is CCC(=O)NCc1csc(C2CCN(C(=O)c3ccc(N(C)C)cc3)CC2)n1. The third-order valence-corrected chi connectivity index (χ3v) is 6.18. The molecule has 0 bridgehead atoms. The second-order valence-corrected chi connectivity index (χ2v) is 8.20. The zero-order valence-corrected chi connectivity index (χ0v) is 17.6. The number of hydrogen-bond donors (Lipinski definition) is 1. The minimum absolute atomic E-state index is 0.0417. The number of amides is 2. The average molecular weight is 401 g/mol. The standard InChI is InChI=1S/C21H28N4O2S/c1-4-19(26)22-13-17-14-28-20(23-17)15-9-11-25(12-10-15)21(27)16-5-7-18(8-6-16)24(2)3/h5-8,14-15H,4,9-13H2,1-3H3,(H,22,26). The van der Waals surface area contributed by atoms with E-state index in [-0.39, 0.29) is 11.8 Å². The van der Waals surface area contributed by atoms with E-state index in [1.807, 2.05) is 60.5 Å². The van der Waals surface area contributed by atoms with Crippen LogP contribution in [0, 0.1) is 0 Å². The van der Waals surface area contributed by atoms with Gasteiger partial charge in [0.1, 0.15) is 0 Å². The third kappa shape index (κ3) is 4.90. The Balaban J connectivity index is 1.53. The topological polar surface area (TPSA) is 65.5 Å². The molecule has 0 saturated carbocycles. The first kappa shape index (κ1) is 20.3. The number of thiazole rings is 1. The van der Waals surface area contributed by atoms with Crippen molar-refractivity contribution in [2.45, 2.75) is 38.6 Å². The van der Waals surface area contributed by atoms with E-state index in [0.29, 0.717) is 18.9 Å². The molecule has 2 aromatic rings. The monoisotopic (exact) mass is 400 g/mol. The van der Waals surface area contributed by atoms with E-state index >= 15 is 0 Å². The molecule has 1 N–H and O–H groups in total. The Bertz CT molecular complexity index is 808. The number of nitrogens with zero attached hydrogens (tertiary/aromatic N) is 3. The molecule has 0 radical (unpaired) electrons. The van der Waals surface area contributed by atoms with E-state index in [4.69, 9.17) is 4.98 Å². The molecular formula is C21H28N4O2S. The molecule has 0 spiro atoms. The Morgan fingerprint density at radius 1 is 1.21 bits per heavy atom. The molecular weight excluding hydrogens is 372 g/mol. The van der Waals surface area contributed by atoms with Crippen LogP contribution in [0.25, 0.3) is 0 Å². The quantitative estimate of drug-likeness (QED) is 0.808. The van der Waals surface area contributed by atoms with Gasteiger partial charge >= 0.3 is 0 Å². The van der Waals surface area contributed by atoms with E-state index in [1.54, 1.807) is 11.3 Å². The highest BCUT2D eigenvalue weighted by atomic mass is 32.1. The lowest BCUT2D eigenvalue weighted by atomic mass is 9.97. The lowest BCUT2D eigenvalue weighted by molar-refractivity contribution is -0.120. The summed E-state index contributed by atoms with van der Waals surface area (Å²) in [4.78, 5) is 32.8. The predicted molar refractivity (Wildman–Crippen MR) is 113 cm³/mol. The second-order valence-electron chi connectivity index (χ2n) is 7.32. The Morgan fingerprint density at radius 3 is 2.50 bits per heavy atom. The van der Waals surface area contributed by atoms with Gasteiger partial charge in [-0.3, -0.25) is 9.59 Å². The predicted octanol–water partition coefficient (Wildman–Crippen LogP) is 3.26. The van der Waals surface area contributed by atoms with Crippen molar-refractivity contribution in [3.63, 3.8) is 0 Å². The number of rotatable bonds is 6. The van der Waals surface area contributed by atoms with Gasteiger partial charge in [-0.2, -0.15) is 0 Å². The second kappa shape index (κ2) is 9.19.